The van der Waals surface area contributed by atoms with E-state index in [2.05, 4.69) is 0 Å². The molecule has 2 amide bonds. The largest absolute Gasteiger partial charge is 0.484 e. The lowest BCUT2D eigenvalue weighted by Crippen LogP contribution is -2.55. The van der Waals surface area contributed by atoms with E-state index in [1.807, 2.05) is 35.2 Å². The van der Waals surface area contributed by atoms with Gasteiger partial charge in [0.25, 0.3) is 5.91 Å². The van der Waals surface area contributed by atoms with Crippen LogP contribution in [0.1, 0.15) is 19.3 Å². The number of piperidine rings is 1. The molecule has 6 nitrogen and oxygen atoms in total. The highest BCUT2D eigenvalue weighted by molar-refractivity contribution is 5.88. The third-order valence-corrected chi connectivity index (χ3v) is 4.54. The Bertz CT molecular complexity index is 557. The molecule has 2 aliphatic rings. The van der Waals surface area contributed by atoms with E-state index in [4.69, 9.17) is 9.47 Å². The van der Waals surface area contributed by atoms with Crippen molar-refractivity contribution < 1.29 is 19.1 Å². The Morgan fingerprint density at radius 2 is 1.83 bits per heavy atom. The Balaban J connectivity index is 1.60. The summed E-state index contributed by atoms with van der Waals surface area (Å²) in [5.41, 5.74) is 0. The number of rotatable bonds is 4. The number of morpholine rings is 1. The Kier molecular flexibility index (Phi) is 5.69. The fourth-order valence-corrected chi connectivity index (χ4v) is 3.23. The van der Waals surface area contributed by atoms with Gasteiger partial charge in [0.05, 0.1) is 13.2 Å². The minimum atomic E-state index is -0.358. The fourth-order valence-electron chi connectivity index (χ4n) is 3.23. The molecular weight excluding hydrogens is 308 g/mol. The van der Waals surface area contributed by atoms with Gasteiger partial charge in [0.1, 0.15) is 11.8 Å². The van der Waals surface area contributed by atoms with E-state index in [0.717, 1.165) is 19.3 Å². The van der Waals surface area contributed by atoms with Crippen molar-refractivity contribution in [2.45, 2.75) is 25.3 Å². The van der Waals surface area contributed by atoms with Gasteiger partial charge in [-0.05, 0) is 31.4 Å². The summed E-state index contributed by atoms with van der Waals surface area (Å²) in [7, 11) is 0. The second-order valence-electron chi connectivity index (χ2n) is 6.14. The molecule has 2 heterocycles. The zero-order valence-corrected chi connectivity index (χ0v) is 13.9. The molecule has 0 radical (unpaired) electrons. The average Bonchev–Trinajstić information content (AvgIpc) is 2.67. The van der Waals surface area contributed by atoms with Gasteiger partial charge in [0.15, 0.2) is 6.61 Å². The van der Waals surface area contributed by atoms with E-state index in [1.165, 1.54) is 0 Å². The molecule has 6 heteroatoms. The molecule has 0 unspecified atom stereocenters. The number of carbonyl (C=O) groups excluding carboxylic acids is 2. The summed E-state index contributed by atoms with van der Waals surface area (Å²) in [6.45, 7) is 2.96. The van der Waals surface area contributed by atoms with Crippen molar-refractivity contribution in [3.63, 3.8) is 0 Å². The molecule has 2 fully saturated rings. The first-order valence-corrected chi connectivity index (χ1v) is 8.59. The number of likely N-dealkylation sites (tertiary alicyclic amines) is 1. The zero-order valence-electron chi connectivity index (χ0n) is 13.9. The second kappa shape index (κ2) is 8.15. The van der Waals surface area contributed by atoms with Crippen LogP contribution in [0.15, 0.2) is 30.3 Å². The minimum Gasteiger partial charge on any atom is -0.484 e. The van der Waals surface area contributed by atoms with Gasteiger partial charge < -0.3 is 19.3 Å². The van der Waals surface area contributed by atoms with Crippen LogP contribution in [0, 0.1) is 0 Å². The molecule has 1 aromatic carbocycles. The highest BCUT2D eigenvalue weighted by Crippen LogP contribution is 2.20. The van der Waals surface area contributed by atoms with Crippen LogP contribution in [-0.2, 0) is 14.3 Å². The topological polar surface area (TPSA) is 59.1 Å². The molecule has 3 rings (SSSR count). The monoisotopic (exact) mass is 332 g/mol. The predicted molar refractivity (Wildman–Crippen MR) is 88.7 cm³/mol. The first-order chi connectivity index (χ1) is 11.8. The van der Waals surface area contributed by atoms with Crippen molar-refractivity contribution in [2.24, 2.45) is 0 Å². The van der Waals surface area contributed by atoms with Crippen molar-refractivity contribution in [2.75, 3.05) is 39.5 Å². The normalized spacial score (nSPS) is 21.4. The standard InChI is InChI=1S/C18H24N2O4/c21-17(14-24-15-6-2-1-3-7-15)20-9-5-4-8-16(20)18(22)19-10-12-23-13-11-19/h1-3,6-7,16H,4-5,8-14H2/t16-/m0/s1. The lowest BCUT2D eigenvalue weighted by Gasteiger charge is -2.38. The van der Waals surface area contributed by atoms with E-state index in [9.17, 15) is 9.59 Å². The van der Waals surface area contributed by atoms with E-state index < -0.39 is 0 Å². The number of benzene rings is 1. The van der Waals surface area contributed by atoms with Crippen LogP contribution in [0.5, 0.6) is 5.75 Å². The Morgan fingerprint density at radius 3 is 2.58 bits per heavy atom. The summed E-state index contributed by atoms with van der Waals surface area (Å²) in [6.07, 6.45) is 2.64. The number of hydrogen-bond donors (Lipinski definition) is 0. The van der Waals surface area contributed by atoms with Gasteiger partial charge in [-0.1, -0.05) is 18.2 Å². The molecule has 1 aromatic rings. The van der Waals surface area contributed by atoms with Gasteiger partial charge in [-0.2, -0.15) is 0 Å². The Morgan fingerprint density at radius 1 is 1.08 bits per heavy atom. The van der Waals surface area contributed by atoms with E-state index in [1.54, 1.807) is 4.90 Å². The molecule has 24 heavy (non-hydrogen) atoms. The molecule has 0 aromatic heterocycles. The van der Waals surface area contributed by atoms with Gasteiger partial charge in [-0.15, -0.1) is 0 Å². The SMILES string of the molecule is O=C([C@@H]1CCCCN1C(=O)COc1ccccc1)N1CCOCC1. The maximum Gasteiger partial charge on any atom is 0.261 e. The van der Waals surface area contributed by atoms with E-state index >= 15 is 0 Å². The predicted octanol–water partition coefficient (Wildman–Crippen LogP) is 1.31. The summed E-state index contributed by atoms with van der Waals surface area (Å²) in [6, 6.07) is 8.91. The van der Waals surface area contributed by atoms with Gasteiger partial charge in [-0.25, -0.2) is 0 Å². The van der Waals surface area contributed by atoms with Crippen molar-refractivity contribution in [1.29, 1.82) is 0 Å². The van der Waals surface area contributed by atoms with Crippen LogP contribution in [0.25, 0.3) is 0 Å². The quantitative estimate of drug-likeness (QED) is 0.834. The number of hydrogen-bond acceptors (Lipinski definition) is 4. The van der Waals surface area contributed by atoms with Gasteiger partial charge in [-0.3, -0.25) is 9.59 Å². The average molecular weight is 332 g/mol. The number of para-hydroxylation sites is 1. The van der Waals surface area contributed by atoms with Crippen molar-refractivity contribution in [3.8, 4) is 5.75 Å². The smallest absolute Gasteiger partial charge is 0.261 e. The maximum absolute atomic E-state index is 12.8. The van der Waals surface area contributed by atoms with Crippen molar-refractivity contribution in [3.05, 3.63) is 30.3 Å². The maximum atomic E-state index is 12.8. The molecule has 0 N–H and O–H groups in total. The van der Waals surface area contributed by atoms with Crippen LogP contribution < -0.4 is 4.74 Å². The second-order valence-corrected chi connectivity index (χ2v) is 6.14. The number of amides is 2. The van der Waals surface area contributed by atoms with Crippen molar-refractivity contribution in [1.82, 2.24) is 9.80 Å². The van der Waals surface area contributed by atoms with E-state index in [-0.39, 0.29) is 24.5 Å². The molecular formula is C18H24N2O4. The molecule has 0 bridgehead atoms. The summed E-state index contributed by atoms with van der Waals surface area (Å²) in [5.74, 6) is 0.593. The fraction of sp³-hybridized carbons (Fsp3) is 0.556. The van der Waals surface area contributed by atoms with Crippen LogP contribution in [0.4, 0.5) is 0 Å². The first kappa shape index (κ1) is 16.8. The summed E-state index contributed by atoms with van der Waals surface area (Å²) in [5, 5.41) is 0. The number of nitrogens with zero attached hydrogens (tertiary/aromatic N) is 2. The van der Waals surface area contributed by atoms with E-state index in [0.29, 0.717) is 38.6 Å². The molecule has 0 saturated carbocycles. The summed E-state index contributed by atoms with van der Waals surface area (Å²) in [4.78, 5) is 28.9. The highest BCUT2D eigenvalue weighted by atomic mass is 16.5. The minimum absolute atomic E-state index is 0.0308. The lowest BCUT2D eigenvalue weighted by molar-refractivity contribution is -0.151. The summed E-state index contributed by atoms with van der Waals surface area (Å²) >= 11 is 0. The van der Waals surface area contributed by atoms with Crippen LogP contribution in [0.2, 0.25) is 0 Å². The van der Waals surface area contributed by atoms with Crippen LogP contribution >= 0.6 is 0 Å². The third kappa shape index (κ3) is 4.06. The van der Waals surface area contributed by atoms with Gasteiger partial charge in [0.2, 0.25) is 5.91 Å². The zero-order chi connectivity index (χ0) is 16.8. The van der Waals surface area contributed by atoms with Gasteiger partial charge >= 0.3 is 0 Å². The van der Waals surface area contributed by atoms with Gasteiger partial charge in [0, 0.05) is 19.6 Å². The molecule has 1 atom stereocenters. The molecule has 0 spiro atoms. The molecule has 130 valence electrons. The Labute approximate surface area is 142 Å². The third-order valence-electron chi connectivity index (χ3n) is 4.54. The molecule has 0 aliphatic carbocycles. The summed E-state index contributed by atoms with van der Waals surface area (Å²) < 4.78 is 10.9. The number of carbonyl (C=O) groups is 2. The highest BCUT2D eigenvalue weighted by Gasteiger charge is 2.35. The molecule has 2 saturated heterocycles. The van der Waals surface area contributed by atoms with Crippen LogP contribution in [-0.4, -0.2) is 67.1 Å². The number of ether oxygens (including phenoxy) is 2. The lowest BCUT2D eigenvalue weighted by atomic mass is 10.0. The Hall–Kier alpha value is -2.08. The van der Waals surface area contributed by atoms with Crippen LogP contribution in [0.3, 0.4) is 0 Å². The molecule has 2 aliphatic heterocycles. The van der Waals surface area contributed by atoms with Crippen molar-refractivity contribution >= 4 is 11.8 Å². The first-order valence-electron chi connectivity index (χ1n) is 8.59.